The maximum atomic E-state index is 12.3. The van der Waals surface area contributed by atoms with Crippen LogP contribution in [0.5, 0.6) is 0 Å². The Labute approximate surface area is 82.8 Å². The first-order chi connectivity index (χ1) is 6.84. The van der Waals surface area contributed by atoms with Crippen LogP contribution in [0, 0.1) is 0 Å². The Morgan fingerprint density at radius 1 is 1.47 bits per heavy atom. The molecule has 0 unspecified atom stereocenters. The van der Waals surface area contributed by atoms with E-state index in [1.807, 2.05) is 0 Å². The molecule has 0 spiro atoms. The van der Waals surface area contributed by atoms with E-state index in [0.717, 1.165) is 0 Å². The molecule has 0 atom stereocenters. The van der Waals surface area contributed by atoms with Gasteiger partial charge in [-0.05, 0) is 0 Å². The van der Waals surface area contributed by atoms with Crippen molar-refractivity contribution >= 4 is 5.97 Å². The van der Waals surface area contributed by atoms with Gasteiger partial charge in [0.25, 0.3) is 0 Å². The van der Waals surface area contributed by atoms with Gasteiger partial charge in [0.1, 0.15) is 11.5 Å². The van der Waals surface area contributed by atoms with Gasteiger partial charge in [-0.1, -0.05) is 6.92 Å². The summed E-state index contributed by atoms with van der Waals surface area (Å²) in [6.45, 7) is 1.54. The Morgan fingerprint density at radius 2 is 2.07 bits per heavy atom. The minimum Gasteiger partial charge on any atom is -0.477 e. The largest absolute Gasteiger partial charge is 0.477 e. The lowest BCUT2D eigenvalue weighted by atomic mass is 10.3. The van der Waals surface area contributed by atoms with Gasteiger partial charge in [0.2, 0.25) is 0 Å². The molecule has 15 heavy (non-hydrogen) atoms. The Hall–Kier alpha value is -1.66. The normalized spacial score (nSPS) is 11.5. The molecule has 0 aliphatic carbocycles. The number of aromatic carboxylic acids is 1. The number of carbonyl (C=O) groups is 1. The summed E-state index contributed by atoms with van der Waals surface area (Å²) >= 11 is 0. The third-order valence-corrected chi connectivity index (χ3v) is 1.60. The summed E-state index contributed by atoms with van der Waals surface area (Å²) in [6.07, 6.45) is -4.51. The quantitative estimate of drug-likeness (QED) is 0.824. The summed E-state index contributed by atoms with van der Waals surface area (Å²) in [5.41, 5.74) is -1.87. The zero-order chi connectivity index (χ0) is 11.6. The van der Waals surface area contributed by atoms with Gasteiger partial charge in [-0.15, -0.1) is 0 Å². The second kappa shape index (κ2) is 3.84. The number of carboxylic acid groups (broad SMARTS) is 1. The fourth-order valence-corrected chi connectivity index (χ4v) is 0.910. The van der Waals surface area contributed by atoms with Crippen molar-refractivity contribution < 1.29 is 23.1 Å². The monoisotopic (exact) mass is 220 g/mol. The molecular formula is C8H7F3N2O2. The lowest BCUT2D eigenvalue weighted by Gasteiger charge is -2.07. The molecule has 0 saturated heterocycles. The predicted molar refractivity (Wildman–Crippen MR) is 43.4 cm³/mol. The molecule has 82 valence electrons. The SMILES string of the molecule is CCc1nc(C(=O)O)cc(C(F)(F)F)n1. The fraction of sp³-hybridized carbons (Fsp3) is 0.375. The van der Waals surface area contributed by atoms with E-state index in [4.69, 9.17) is 5.11 Å². The van der Waals surface area contributed by atoms with Crippen LogP contribution in [-0.4, -0.2) is 21.0 Å². The first-order valence-corrected chi connectivity index (χ1v) is 4.03. The molecule has 0 saturated carbocycles. The molecule has 1 heterocycles. The van der Waals surface area contributed by atoms with E-state index in [1.54, 1.807) is 6.92 Å². The molecule has 0 aromatic carbocycles. The van der Waals surface area contributed by atoms with Crippen molar-refractivity contribution in [2.24, 2.45) is 0 Å². The van der Waals surface area contributed by atoms with Gasteiger partial charge < -0.3 is 5.11 Å². The molecule has 1 rings (SSSR count). The molecule has 0 bridgehead atoms. The van der Waals surface area contributed by atoms with Gasteiger partial charge in [-0.3, -0.25) is 0 Å². The Balaban J connectivity index is 3.30. The number of aromatic nitrogens is 2. The standard InChI is InChI=1S/C8H7F3N2O2/c1-2-6-12-4(7(14)15)3-5(13-6)8(9,10)11/h3H,2H2,1H3,(H,14,15). The molecule has 1 N–H and O–H groups in total. The second-order valence-electron chi connectivity index (χ2n) is 2.71. The maximum Gasteiger partial charge on any atom is 0.433 e. The lowest BCUT2D eigenvalue weighted by Crippen LogP contribution is -2.14. The Bertz CT molecular complexity index is 390. The highest BCUT2D eigenvalue weighted by molar-refractivity contribution is 5.85. The molecular weight excluding hydrogens is 213 g/mol. The van der Waals surface area contributed by atoms with Crippen LogP contribution in [0.2, 0.25) is 0 Å². The van der Waals surface area contributed by atoms with E-state index < -0.39 is 23.5 Å². The van der Waals surface area contributed by atoms with Gasteiger partial charge in [-0.2, -0.15) is 13.2 Å². The van der Waals surface area contributed by atoms with E-state index in [0.29, 0.717) is 6.07 Å². The maximum absolute atomic E-state index is 12.3. The summed E-state index contributed by atoms with van der Waals surface area (Å²) in [6, 6.07) is 0.418. The van der Waals surface area contributed by atoms with E-state index in [9.17, 15) is 18.0 Å². The number of aryl methyl sites for hydroxylation is 1. The highest BCUT2D eigenvalue weighted by atomic mass is 19.4. The molecule has 1 aromatic rings. The molecule has 0 aliphatic heterocycles. The van der Waals surface area contributed by atoms with Crippen LogP contribution in [0.3, 0.4) is 0 Å². The highest BCUT2D eigenvalue weighted by Gasteiger charge is 2.34. The first-order valence-electron chi connectivity index (χ1n) is 4.03. The zero-order valence-electron chi connectivity index (χ0n) is 7.67. The topological polar surface area (TPSA) is 63.1 Å². The molecule has 0 fully saturated rings. The molecule has 1 aromatic heterocycles. The van der Waals surface area contributed by atoms with Crippen molar-refractivity contribution in [2.75, 3.05) is 0 Å². The minimum absolute atomic E-state index is 0.137. The average Bonchev–Trinajstić information content (AvgIpc) is 2.15. The first kappa shape index (κ1) is 11.4. The van der Waals surface area contributed by atoms with Crippen LogP contribution < -0.4 is 0 Å². The number of alkyl halides is 3. The smallest absolute Gasteiger partial charge is 0.433 e. The van der Waals surface area contributed by atoms with Crippen LogP contribution in [-0.2, 0) is 12.6 Å². The average molecular weight is 220 g/mol. The molecule has 0 radical (unpaired) electrons. The van der Waals surface area contributed by atoms with Crippen molar-refractivity contribution in [3.63, 3.8) is 0 Å². The molecule has 0 amide bonds. The van der Waals surface area contributed by atoms with Crippen LogP contribution in [0.1, 0.15) is 28.9 Å². The lowest BCUT2D eigenvalue weighted by molar-refractivity contribution is -0.141. The fourth-order valence-electron chi connectivity index (χ4n) is 0.910. The van der Waals surface area contributed by atoms with Gasteiger partial charge >= 0.3 is 12.1 Å². The van der Waals surface area contributed by atoms with Crippen LogP contribution >= 0.6 is 0 Å². The number of rotatable bonds is 2. The van der Waals surface area contributed by atoms with Gasteiger partial charge in [-0.25, -0.2) is 14.8 Å². The van der Waals surface area contributed by atoms with E-state index >= 15 is 0 Å². The number of nitrogens with zero attached hydrogens (tertiary/aromatic N) is 2. The summed E-state index contributed by atoms with van der Waals surface area (Å²) in [5.74, 6) is -1.64. The molecule has 0 aliphatic rings. The van der Waals surface area contributed by atoms with Crippen LogP contribution in [0.15, 0.2) is 6.07 Å². The van der Waals surface area contributed by atoms with E-state index in [1.165, 1.54) is 0 Å². The van der Waals surface area contributed by atoms with Crippen molar-refractivity contribution in [1.29, 1.82) is 0 Å². The highest BCUT2D eigenvalue weighted by Crippen LogP contribution is 2.27. The number of halogens is 3. The van der Waals surface area contributed by atoms with Crippen molar-refractivity contribution in [3.8, 4) is 0 Å². The van der Waals surface area contributed by atoms with E-state index in [2.05, 4.69) is 9.97 Å². The van der Waals surface area contributed by atoms with Crippen molar-refractivity contribution in [3.05, 3.63) is 23.3 Å². The van der Waals surface area contributed by atoms with Crippen molar-refractivity contribution in [1.82, 2.24) is 9.97 Å². The molecule has 4 nitrogen and oxygen atoms in total. The number of carboxylic acids is 1. The number of hydrogen-bond donors (Lipinski definition) is 1. The van der Waals surface area contributed by atoms with Crippen LogP contribution in [0.25, 0.3) is 0 Å². The third-order valence-electron chi connectivity index (χ3n) is 1.60. The molecule has 7 heteroatoms. The third kappa shape index (κ3) is 2.64. The van der Waals surface area contributed by atoms with Crippen LogP contribution in [0.4, 0.5) is 13.2 Å². The Morgan fingerprint density at radius 3 is 2.47 bits per heavy atom. The van der Waals surface area contributed by atoms with Gasteiger partial charge in [0.05, 0.1) is 0 Å². The second-order valence-corrected chi connectivity index (χ2v) is 2.71. The summed E-state index contributed by atoms with van der Waals surface area (Å²) in [5, 5.41) is 8.54. The summed E-state index contributed by atoms with van der Waals surface area (Å²) in [4.78, 5) is 17.2. The van der Waals surface area contributed by atoms with Crippen molar-refractivity contribution in [2.45, 2.75) is 19.5 Å². The Kier molecular flexibility index (Phi) is 2.92. The van der Waals surface area contributed by atoms with Gasteiger partial charge in [0, 0.05) is 12.5 Å². The summed E-state index contributed by atoms with van der Waals surface area (Å²) in [7, 11) is 0. The van der Waals surface area contributed by atoms with Gasteiger partial charge in [0.15, 0.2) is 5.69 Å². The zero-order valence-corrected chi connectivity index (χ0v) is 7.67. The minimum atomic E-state index is -4.66. The predicted octanol–water partition coefficient (Wildman–Crippen LogP) is 1.76. The summed E-state index contributed by atoms with van der Waals surface area (Å²) < 4.78 is 36.8. The van der Waals surface area contributed by atoms with E-state index in [-0.39, 0.29) is 12.2 Å². The number of hydrogen-bond acceptors (Lipinski definition) is 3.